The molecule has 0 aliphatic carbocycles. The van der Waals surface area contributed by atoms with Crippen LogP contribution in [0.3, 0.4) is 0 Å². The van der Waals surface area contributed by atoms with E-state index >= 15 is 0 Å². The standard InChI is InChI=1S/C28H27N5O6S2/c1-37-13-18-14-40-26-21(31-24(34)20(32-38-2)19-15-41-28(29)30-19)25(35)33(26)22(18)27(36)39-23(16-9-5-3-6-10-16)17-11-7-4-8-12-17/h3-12,15,21,23,26H,13-14H2,1-2H3,(H2,29,30)(H,31,34)/t21?,26-/m0/s1. The van der Waals surface area contributed by atoms with Gasteiger partial charge in [-0.05, 0) is 16.7 Å². The lowest BCUT2D eigenvalue weighted by Gasteiger charge is -2.49. The number of nitrogen functional groups attached to an aromatic ring is 1. The molecule has 1 fully saturated rings. The predicted octanol–water partition coefficient (Wildman–Crippen LogP) is 2.71. The third-order valence-electron chi connectivity index (χ3n) is 6.44. The van der Waals surface area contributed by atoms with Crippen LogP contribution in [0.1, 0.15) is 22.9 Å². The number of oxime groups is 1. The molecule has 212 valence electrons. The van der Waals surface area contributed by atoms with Crippen molar-refractivity contribution in [2.24, 2.45) is 5.16 Å². The van der Waals surface area contributed by atoms with Crippen LogP contribution >= 0.6 is 23.1 Å². The maximum absolute atomic E-state index is 13.8. The first-order valence-corrected chi connectivity index (χ1v) is 14.5. The summed E-state index contributed by atoms with van der Waals surface area (Å²) in [5.74, 6) is -1.36. The molecule has 2 aliphatic rings. The van der Waals surface area contributed by atoms with Crippen LogP contribution in [0.15, 0.2) is 82.5 Å². The number of esters is 1. The third-order valence-corrected chi connectivity index (χ3v) is 8.45. The highest BCUT2D eigenvalue weighted by Crippen LogP contribution is 2.41. The molecular weight excluding hydrogens is 566 g/mol. The molecule has 0 saturated carbocycles. The second-order valence-corrected chi connectivity index (χ2v) is 11.0. The van der Waals surface area contributed by atoms with Gasteiger partial charge in [-0.25, -0.2) is 9.78 Å². The normalized spacial score (nSPS) is 18.6. The first-order chi connectivity index (χ1) is 19.9. The minimum absolute atomic E-state index is 0.115. The molecule has 1 saturated heterocycles. The Hall–Kier alpha value is -4.20. The van der Waals surface area contributed by atoms with Gasteiger partial charge in [0.2, 0.25) is 0 Å². The van der Waals surface area contributed by atoms with Crippen LogP contribution in [0.5, 0.6) is 0 Å². The van der Waals surface area contributed by atoms with Crippen LogP contribution in [0, 0.1) is 0 Å². The van der Waals surface area contributed by atoms with E-state index in [1.54, 1.807) is 5.38 Å². The fourth-order valence-corrected chi connectivity index (χ4v) is 6.48. The van der Waals surface area contributed by atoms with E-state index < -0.39 is 35.3 Å². The number of anilines is 1. The summed E-state index contributed by atoms with van der Waals surface area (Å²) in [5.41, 5.74) is 8.14. The van der Waals surface area contributed by atoms with E-state index in [4.69, 9.17) is 20.0 Å². The van der Waals surface area contributed by atoms with Gasteiger partial charge in [-0.3, -0.25) is 14.5 Å². The van der Waals surface area contributed by atoms with Gasteiger partial charge in [0.25, 0.3) is 11.8 Å². The number of hydrogen-bond acceptors (Lipinski definition) is 11. The number of aromatic nitrogens is 1. The van der Waals surface area contributed by atoms with E-state index in [1.165, 1.54) is 30.9 Å². The average Bonchev–Trinajstić information content (AvgIpc) is 3.43. The predicted molar refractivity (Wildman–Crippen MR) is 155 cm³/mol. The van der Waals surface area contributed by atoms with Crippen molar-refractivity contribution in [2.75, 3.05) is 32.3 Å². The zero-order chi connectivity index (χ0) is 28.9. The Morgan fingerprint density at radius 3 is 2.34 bits per heavy atom. The van der Waals surface area contributed by atoms with Gasteiger partial charge in [0.15, 0.2) is 16.9 Å². The van der Waals surface area contributed by atoms with Gasteiger partial charge in [-0.2, -0.15) is 0 Å². The molecule has 3 N–H and O–H groups in total. The molecule has 0 spiro atoms. The molecule has 11 nitrogen and oxygen atoms in total. The number of ether oxygens (including phenoxy) is 2. The highest BCUT2D eigenvalue weighted by Gasteiger charge is 2.55. The molecule has 3 heterocycles. The van der Waals surface area contributed by atoms with Crippen LogP contribution < -0.4 is 11.1 Å². The lowest BCUT2D eigenvalue weighted by molar-refractivity contribution is -0.154. The summed E-state index contributed by atoms with van der Waals surface area (Å²) in [6.07, 6.45) is -0.695. The molecule has 0 bridgehead atoms. The largest absolute Gasteiger partial charge is 0.448 e. The Morgan fingerprint density at radius 2 is 1.78 bits per heavy atom. The van der Waals surface area contributed by atoms with E-state index in [-0.39, 0.29) is 28.8 Å². The highest BCUT2D eigenvalue weighted by atomic mass is 32.2. The second kappa shape index (κ2) is 12.5. The number of β-lactam (4-membered cyclic amide) rings is 1. The Balaban J connectivity index is 1.39. The van der Waals surface area contributed by atoms with E-state index in [2.05, 4.69) is 15.5 Å². The SMILES string of the molecule is COCC1=C(C(=O)OC(c2ccccc2)c2ccccc2)N2C(=O)C(NC(=O)C(=NOC)c3csc(N)n3)[C@@H]2SC1. The number of nitrogens with zero attached hydrogens (tertiary/aromatic N) is 3. The summed E-state index contributed by atoms with van der Waals surface area (Å²) in [6, 6.07) is 17.9. The van der Waals surface area contributed by atoms with Gasteiger partial charge in [-0.15, -0.1) is 23.1 Å². The Labute approximate surface area is 244 Å². The van der Waals surface area contributed by atoms with Gasteiger partial charge in [0.05, 0.1) is 6.61 Å². The quantitative estimate of drug-likeness (QED) is 0.157. The van der Waals surface area contributed by atoms with Crippen LogP contribution in [0.4, 0.5) is 5.13 Å². The molecule has 5 rings (SSSR count). The molecule has 3 aromatic rings. The number of benzene rings is 2. The molecule has 1 unspecified atom stereocenters. The van der Waals surface area contributed by atoms with Crippen LogP contribution in [-0.2, 0) is 28.7 Å². The summed E-state index contributed by atoms with van der Waals surface area (Å²) >= 11 is 2.56. The Kier molecular flexibility index (Phi) is 8.67. The molecule has 13 heteroatoms. The molecule has 1 aromatic heterocycles. The summed E-state index contributed by atoms with van der Waals surface area (Å²) in [6.45, 7) is 0.141. The van der Waals surface area contributed by atoms with Crippen LogP contribution in [0.25, 0.3) is 0 Å². The van der Waals surface area contributed by atoms with Crippen molar-refractivity contribution >= 4 is 51.7 Å². The zero-order valence-corrected chi connectivity index (χ0v) is 23.8. The van der Waals surface area contributed by atoms with Gasteiger partial charge < -0.3 is 25.4 Å². The van der Waals surface area contributed by atoms with E-state index in [0.29, 0.717) is 11.3 Å². The zero-order valence-electron chi connectivity index (χ0n) is 22.2. The summed E-state index contributed by atoms with van der Waals surface area (Å²) < 4.78 is 11.4. The number of fused-ring (bicyclic) bond motifs is 1. The number of thiazole rings is 1. The topological polar surface area (TPSA) is 145 Å². The van der Waals surface area contributed by atoms with Crippen molar-refractivity contribution in [3.05, 3.63) is 94.1 Å². The number of nitrogens with two attached hydrogens (primary N) is 1. The van der Waals surface area contributed by atoms with Crippen molar-refractivity contribution in [1.29, 1.82) is 0 Å². The van der Waals surface area contributed by atoms with E-state index in [1.807, 2.05) is 60.7 Å². The molecular formula is C28H27N5O6S2. The number of carbonyl (C=O) groups excluding carboxylic acids is 3. The van der Waals surface area contributed by atoms with Gasteiger partial charge in [0.1, 0.15) is 29.9 Å². The summed E-state index contributed by atoms with van der Waals surface area (Å²) in [7, 11) is 2.82. The first-order valence-electron chi connectivity index (χ1n) is 12.5. The Morgan fingerprint density at radius 1 is 1.12 bits per heavy atom. The number of thioether (sulfide) groups is 1. The molecule has 2 aliphatic heterocycles. The Bertz CT molecular complexity index is 1450. The first kappa shape index (κ1) is 28.3. The molecule has 0 radical (unpaired) electrons. The number of rotatable bonds is 10. The van der Waals surface area contributed by atoms with E-state index in [0.717, 1.165) is 22.5 Å². The molecule has 2 atom stereocenters. The average molecular weight is 594 g/mol. The lowest BCUT2D eigenvalue weighted by Crippen LogP contribution is -2.71. The molecule has 41 heavy (non-hydrogen) atoms. The van der Waals surface area contributed by atoms with Crippen molar-refractivity contribution in [3.63, 3.8) is 0 Å². The summed E-state index contributed by atoms with van der Waals surface area (Å²) in [4.78, 5) is 50.6. The van der Waals surface area contributed by atoms with E-state index in [9.17, 15) is 14.4 Å². The molecule has 2 amide bonds. The highest BCUT2D eigenvalue weighted by molar-refractivity contribution is 8.00. The maximum Gasteiger partial charge on any atom is 0.356 e. The fraction of sp³-hybridized carbons (Fsp3) is 0.250. The number of carbonyl (C=O) groups is 3. The van der Waals surface area contributed by atoms with Crippen molar-refractivity contribution in [2.45, 2.75) is 17.5 Å². The number of hydrogen-bond donors (Lipinski definition) is 2. The third kappa shape index (κ3) is 5.82. The van der Waals surface area contributed by atoms with Crippen LogP contribution in [0.2, 0.25) is 0 Å². The van der Waals surface area contributed by atoms with Gasteiger partial charge in [0, 0.05) is 18.2 Å². The number of methoxy groups -OCH3 is 1. The van der Waals surface area contributed by atoms with Gasteiger partial charge in [-0.1, -0.05) is 65.8 Å². The minimum atomic E-state index is -0.906. The van der Waals surface area contributed by atoms with Crippen molar-refractivity contribution < 1.29 is 28.7 Å². The van der Waals surface area contributed by atoms with Crippen molar-refractivity contribution in [1.82, 2.24) is 15.2 Å². The van der Waals surface area contributed by atoms with Crippen molar-refractivity contribution in [3.8, 4) is 0 Å². The molecule has 2 aromatic carbocycles. The van der Waals surface area contributed by atoms with Gasteiger partial charge >= 0.3 is 5.97 Å². The number of amides is 2. The van der Waals surface area contributed by atoms with Crippen LogP contribution in [-0.4, -0.2) is 71.4 Å². The lowest BCUT2D eigenvalue weighted by atomic mass is 10.0. The maximum atomic E-state index is 13.8. The second-order valence-electron chi connectivity index (χ2n) is 9.05. The monoisotopic (exact) mass is 593 g/mol. The fourth-order valence-electron chi connectivity index (χ4n) is 4.61. The smallest absolute Gasteiger partial charge is 0.356 e. The summed E-state index contributed by atoms with van der Waals surface area (Å²) in [5, 5.41) is 7.78. The minimum Gasteiger partial charge on any atom is -0.448 e. The number of nitrogens with one attached hydrogen (secondary N) is 1.